The molecule has 0 aromatic heterocycles. The molecule has 0 unspecified atom stereocenters. The van der Waals surface area contributed by atoms with Gasteiger partial charge in [-0.05, 0) is 50.1 Å². The Bertz CT molecular complexity index is 371. The van der Waals surface area contributed by atoms with Gasteiger partial charge < -0.3 is 15.0 Å². The summed E-state index contributed by atoms with van der Waals surface area (Å²) in [5.74, 6) is 0.992. The quantitative estimate of drug-likeness (QED) is 0.886. The lowest BCUT2D eigenvalue weighted by atomic mass is 10.1. The molecule has 0 spiro atoms. The number of nitrogens with zero attached hydrogens (tertiary/aromatic N) is 1. The molecule has 1 N–H and O–H groups in total. The van der Waals surface area contributed by atoms with Gasteiger partial charge in [-0.15, -0.1) is 0 Å². The highest BCUT2D eigenvalue weighted by molar-refractivity contribution is 5.56. The number of anilines is 1. The van der Waals surface area contributed by atoms with Crippen LogP contribution in [0.3, 0.4) is 0 Å². The van der Waals surface area contributed by atoms with E-state index in [4.69, 9.17) is 4.74 Å². The van der Waals surface area contributed by atoms with Crippen LogP contribution in [0.5, 0.6) is 5.75 Å². The number of hydrogen-bond donors (Lipinski definition) is 1. The van der Waals surface area contributed by atoms with Gasteiger partial charge in [0.15, 0.2) is 0 Å². The molecule has 100 valence electrons. The number of ether oxygens (including phenoxy) is 1. The summed E-state index contributed by atoms with van der Waals surface area (Å²) < 4.78 is 5.67. The summed E-state index contributed by atoms with van der Waals surface area (Å²) in [4.78, 5) is 2.47. The van der Waals surface area contributed by atoms with Crippen LogP contribution in [-0.4, -0.2) is 32.8 Å². The van der Waals surface area contributed by atoms with Crippen molar-refractivity contribution in [3.63, 3.8) is 0 Å². The zero-order valence-electron chi connectivity index (χ0n) is 11.5. The van der Waals surface area contributed by atoms with Gasteiger partial charge in [0.25, 0.3) is 0 Å². The van der Waals surface area contributed by atoms with Crippen LogP contribution < -0.4 is 15.0 Å². The van der Waals surface area contributed by atoms with Crippen molar-refractivity contribution < 1.29 is 4.74 Å². The fourth-order valence-electron chi connectivity index (χ4n) is 2.38. The third-order valence-corrected chi connectivity index (χ3v) is 3.32. The molecule has 0 amide bonds. The van der Waals surface area contributed by atoms with Crippen molar-refractivity contribution in [1.82, 2.24) is 5.32 Å². The van der Waals surface area contributed by atoms with E-state index >= 15 is 0 Å². The highest BCUT2D eigenvalue weighted by Gasteiger charge is 2.11. The Morgan fingerprint density at radius 1 is 1.28 bits per heavy atom. The van der Waals surface area contributed by atoms with Gasteiger partial charge >= 0.3 is 0 Å². The smallest absolute Gasteiger partial charge is 0.119 e. The number of aryl methyl sites for hydroxylation is 1. The van der Waals surface area contributed by atoms with Gasteiger partial charge in [-0.2, -0.15) is 0 Å². The topological polar surface area (TPSA) is 24.5 Å². The second-order valence-electron chi connectivity index (χ2n) is 4.89. The van der Waals surface area contributed by atoms with Crippen LogP contribution >= 0.6 is 0 Å². The summed E-state index contributed by atoms with van der Waals surface area (Å²) in [7, 11) is 0. The van der Waals surface area contributed by atoms with Crippen molar-refractivity contribution in [2.75, 3.05) is 37.7 Å². The van der Waals surface area contributed by atoms with Crippen LogP contribution in [-0.2, 0) is 0 Å². The Morgan fingerprint density at radius 2 is 2.17 bits per heavy atom. The summed E-state index contributed by atoms with van der Waals surface area (Å²) in [6.45, 7) is 9.55. The Kier molecular flexibility index (Phi) is 4.88. The predicted octanol–water partition coefficient (Wildman–Crippen LogP) is 2.58. The first kappa shape index (κ1) is 13.2. The highest BCUT2D eigenvalue weighted by Crippen LogP contribution is 2.25. The van der Waals surface area contributed by atoms with Crippen molar-refractivity contribution in [3.8, 4) is 5.75 Å². The monoisotopic (exact) mass is 248 g/mol. The van der Waals surface area contributed by atoms with Gasteiger partial charge in [-0.1, -0.05) is 6.92 Å². The second-order valence-corrected chi connectivity index (χ2v) is 4.89. The van der Waals surface area contributed by atoms with Crippen LogP contribution in [0.4, 0.5) is 5.69 Å². The van der Waals surface area contributed by atoms with Crippen LogP contribution in [0.1, 0.15) is 25.3 Å². The maximum atomic E-state index is 5.67. The molecule has 3 nitrogen and oxygen atoms in total. The van der Waals surface area contributed by atoms with Crippen molar-refractivity contribution >= 4 is 5.69 Å². The molecule has 2 rings (SSSR count). The van der Waals surface area contributed by atoms with E-state index in [2.05, 4.69) is 42.3 Å². The third-order valence-electron chi connectivity index (χ3n) is 3.32. The van der Waals surface area contributed by atoms with Crippen molar-refractivity contribution in [3.05, 3.63) is 23.8 Å². The van der Waals surface area contributed by atoms with E-state index in [1.807, 2.05) is 0 Å². The van der Waals surface area contributed by atoms with Crippen LogP contribution in [0.25, 0.3) is 0 Å². The van der Waals surface area contributed by atoms with E-state index in [-0.39, 0.29) is 0 Å². The van der Waals surface area contributed by atoms with E-state index in [1.54, 1.807) is 0 Å². The third kappa shape index (κ3) is 3.39. The molecule has 1 fully saturated rings. The minimum Gasteiger partial charge on any atom is -0.494 e. The van der Waals surface area contributed by atoms with Crippen molar-refractivity contribution in [2.45, 2.75) is 26.7 Å². The van der Waals surface area contributed by atoms with Crippen molar-refractivity contribution in [1.29, 1.82) is 0 Å². The normalized spacial score (nSPS) is 16.4. The lowest BCUT2D eigenvalue weighted by Crippen LogP contribution is -2.28. The molecular formula is C15H24N2O. The molecule has 1 aromatic rings. The Labute approximate surface area is 110 Å². The summed E-state index contributed by atoms with van der Waals surface area (Å²) in [6.07, 6.45) is 2.27. The maximum Gasteiger partial charge on any atom is 0.119 e. The minimum absolute atomic E-state index is 0.798. The first-order valence-corrected chi connectivity index (χ1v) is 7.00. The molecule has 1 saturated heterocycles. The van der Waals surface area contributed by atoms with Gasteiger partial charge in [0.05, 0.1) is 6.61 Å². The van der Waals surface area contributed by atoms with Crippen LogP contribution in [0.15, 0.2) is 18.2 Å². The molecule has 1 heterocycles. The molecule has 1 aliphatic heterocycles. The fourth-order valence-corrected chi connectivity index (χ4v) is 2.38. The number of hydrogen-bond acceptors (Lipinski definition) is 3. The number of benzene rings is 1. The molecule has 1 aromatic carbocycles. The molecule has 18 heavy (non-hydrogen) atoms. The van der Waals surface area contributed by atoms with Crippen LogP contribution in [0, 0.1) is 6.92 Å². The zero-order chi connectivity index (χ0) is 12.8. The molecule has 0 bridgehead atoms. The first-order valence-electron chi connectivity index (χ1n) is 7.00. The summed E-state index contributed by atoms with van der Waals surface area (Å²) in [5, 5.41) is 3.44. The van der Waals surface area contributed by atoms with E-state index in [9.17, 15) is 0 Å². The molecule has 0 aliphatic carbocycles. The highest BCUT2D eigenvalue weighted by atomic mass is 16.5. The van der Waals surface area contributed by atoms with E-state index in [0.717, 1.165) is 45.0 Å². The molecular weight excluding hydrogens is 224 g/mol. The van der Waals surface area contributed by atoms with E-state index < -0.39 is 0 Å². The summed E-state index contributed by atoms with van der Waals surface area (Å²) in [5.41, 5.74) is 2.66. The second kappa shape index (κ2) is 6.64. The molecule has 3 heteroatoms. The van der Waals surface area contributed by atoms with Crippen LogP contribution in [0.2, 0.25) is 0 Å². The predicted molar refractivity (Wildman–Crippen MR) is 76.7 cm³/mol. The molecule has 1 aliphatic rings. The first-order chi connectivity index (χ1) is 8.81. The number of rotatable bonds is 4. The Balaban J connectivity index is 2.08. The van der Waals surface area contributed by atoms with Gasteiger partial charge in [0.2, 0.25) is 0 Å². The summed E-state index contributed by atoms with van der Waals surface area (Å²) in [6, 6.07) is 6.45. The van der Waals surface area contributed by atoms with Gasteiger partial charge in [0, 0.05) is 25.3 Å². The largest absolute Gasteiger partial charge is 0.494 e. The fraction of sp³-hybridized carbons (Fsp3) is 0.600. The van der Waals surface area contributed by atoms with Gasteiger partial charge in [-0.3, -0.25) is 0 Å². The Morgan fingerprint density at radius 3 is 2.94 bits per heavy atom. The average molecular weight is 248 g/mol. The van der Waals surface area contributed by atoms with Crippen molar-refractivity contribution in [2.24, 2.45) is 0 Å². The number of nitrogens with one attached hydrogen (secondary N) is 1. The molecule has 0 radical (unpaired) electrons. The average Bonchev–Trinajstić information content (AvgIpc) is 2.65. The molecule has 0 saturated carbocycles. The van der Waals surface area contributed by atoms with E-state index in [1.165, 1.54) is 17.7 Å². The van der Waals surface area contributed by atoms with Gasteiger partial charge in [-0.25, -0.2) is 0 Å². The Hall–Kier alpha value is -1.22. The lowest BCUT2D eigenvalue weighted by molar-refractivity contribution is 0.317. The SMILES string of the molecule is CCCOc1ccc(N2CCCNCC2)c(C)c1. The maximum absolute atomic E-state index is 5.67. The van der Waals surface area contributed by atoms with Gasteiger partial charge in [0.1, 0.15) is 5.75 Å². The van der Waals surface area contributed by atoms with E-state index in [0.29, 0.717) is 0 Å². The molecule has 0 atom stereocenters. The standard InChI is InChI=1S/C15H24N2O/c1-3-11-18-14-5-6-15(13(2)12-14)17-9-4-7-16-8-10-17/h5-6,12,16H,3-4,7-11H2,1-2H3. The minimum atomic E-state index is 0.798. The lowest BCUT2D eigenvalue weighted by Gasteiger charge is -2.24. The zero-order valence-corrected chi connectivity index (χ0v) is 11.5. The summed E-state index contributed by atoms with van der Waals surface area (Å²) >= 11 is 0.